The molecule has 5 rings (SSSR count). The second-order valence-electron chi connectivity index (χ2n) is 7.98. The highest BCUT2D eigenvalue weighted by atomic mass is 16.6. The van der Waals surface area contributed by atoms with Crippen LogP contribution in [-0.2, 0) is 23.2 Å². The normalized spacial score (nSPS) is 28.8. The number of aliphatic hydroxyl groups excluding tert-OH is 2. The van der Waals surface area contributed by atoms with Crippen LogP contribution in [0.15, 0.2) is 36.8 Å². The zero-order valence-corrected chi connectivity index (χ0v) is 15.8. The van der Waals surface area contributed by atoms with Crippen molar-refractivity contribution in [3.05, 3.63) is 59.2 Å². The Labute approximate surface area is 162 Å². The van der Waals surface area contributed by atoms with E-state index in [1.54, 1.807) is 17.7 Å². The molecule has 1 unspecified atom stereocenters. The van der Waals surface area contributed by atoms with Crippen LogP contribution in [-0.4, -0.2) is 48.2 Å². The molecule has 2 aliphatic rings. The Hall–Kier alpha value is -2.32. The largest absolute Gasteiger partial charge is 0.387 e. The molecule has 0 radical (unpaired) electrons. The number of ether oxygens (including phenoxy) is 1. The predicted molar refractivity (Wildman–Crippen MR) is 102 cm³/mol. The highest BCUT2D eigenvalue weighted by molar-refractivity contribution is 5.78. The van der Waals surface area contributed by atoms with Crippen molar-refractivity contribution in [2.75, 3.05) is 0 Å². The quantitative estimate of drug-likeness (QED) is 0.634. The van der Waals surface area contributed by atoms with Gasteiger partial charge in [0.1, 0.15) is 35.9 Å². The molecule has 3 aromatic rings. The van der Waals surface area contributed by atoms with Crippen molar-refractivity contribution in [2.45, 2.75) is 56.8 Å². The molecular weight excluding hydrogens is 358 g/mol. The lowest BCUT2D eigenvalue weighted by Crippen LogP contribution is -2.45. The van der Waals surface area contributed by atoms with Crippen molar-refractivity contribution in [3.63, 3.8) is 0 Å². The van der Waals surface area contributed by atoms with E-state index >= 15 is 0 Å². The minimum Gasteiger partial charge on any atom is -0.387 e. The van der Waals surface area contributed by atoms with E-state index < -0.39 is 30.1 Å². The lowest BCUT2D eigenvalue weighted by atomic mass is 9.81. The van der Waals surface area contributed by atoms with Gasteiger partial charge < -0.3 is 24.6 Å². The fourth-order valence-electron chi connectivity index (χ4n) is 4.33. The summed E-state index contributed by atoms with van der Waals surface area (Å²) < 4.78 is 7.72. The highest BCUT2D eigenvalue weighted by Gasteiger charge is 2.52. The second kappa shape index (κ2) is 6.09. The summed E-state index contributed by atoms with van der Waals surface area (Å²) in [6, 6.07) is 7.71. The molecule has 146 valence electrons. The fraction of sp³-hybridized carbons (Fsp3) is 0.429. The van der Waals surface area contributed by atoms with Gasteiger partial charge in [-0.15, -0.1) is 0 Å². The van der Waals surface area contributed by atoms with Crippen LogP contribution < -0.4 is 0 Å². The van der Waals surface area contributed by atoms with Crippen LogP contribution in [0.25, 0.3) is 11.0 Å². The van der Waals surface area contributed by atoms with Gasteiger partial charge in [-0.1, -0.05) is 18.2 Å². The second-order valence-corrected chi connectivity index (χ2v) is 7.98. The van der Waals surface area contributed by atoms with Crippen LogP contribution in [0, 0.1) is 6.92 Å². The molecule has 7 heteroatoms. The minimum atomic E-state index is -1.45. The van der Waals surface area contributed by atoms with E-state index in [2.05, 4.69) is 9.97 Å². The summed E-state index contributed by atoms with van der Waals surface area (Å²) in [6.45, 7) is 3.50. The molecule has 1 aliphatic heterocycles. The maximum Gasteiger partial charge on any atom is 0.164 e. The topological polar surface area (TPSA) is 101 Å². The SMILES string of the molecule is Cc1ncnc2c1ccn2[C@@H]1O[C@H](C(C)(O)c2ccc3c(c2)CC3)[C@@H](O)[C@H]1O. The molecule has 5 atom stereocenters. The molecule has 28 heavy (non-hydrogen) atoms. The molecule has 0 bridgehead atoms. The van der Waals surface area contributed by atoms with Crippen LogP contribution in [0.1, 0.15) is 35.5 Å². The Morgan fingerprint density at radius 2 is 1.89 bits per heavy atom. The lowest BCUT2D eigenvalue weighted by molar-refractivity contribution is -0.135. The summed E-state index contributed by atoms with van der Waals surface area (Å²) in [5, 5.41) is 33.5. The standard InChI is InChI=1S/C21H23N3O4/c1-11-15-7-8-24(19(15)23-10-22-11)20-17(26)16(25)18(28-20)21(2,27)14-6-5-12-3-4-13(12)9-14/h5-10,16-18,20,25-27H,3-4H2,1-2H3/t16-,17+,18-,20+,21?/m0/s1. The average molecular weight is 381 g/mol. The van der Waals surface area contributed by atoms with E-state index in [1.165, 1.54) is 17.5 Å². The van der Waals surface area contributed by atoms with Gasteiger partial charge in [0.15, 0.2) is 6.23 Å². The third-order valence-electron chi connectivity index (χ3n) is 6.23. The van der Waals surface area contributed by atoms with E-state index in [0.717, 1.165) is 23.9 Å². The number of nitrogens with zero attached hydrogens (tertiary/aromatic N) is 3. The minimum absolute atomic E-state index is 0.616. The molecule has 3 heterocycles. The molecule has 1 fully saturated rings. The number of aryl methyl sites for hydroxylation is 3. The molecule has 0 saturated carbocycles. The summed E-state index contributed by atoms with van der Waals surface area (Å²) in [5.41, 5.74) is 3.17. The Morgan fingerprint density at radius 3 is 2.61 bits per heavy atom. The van der Waals surface area contributed by atoms with E-state index in [4.69, 9.17) is 4.74 Å². The van der Waals surface area contributed by atoms with Crippen molar-refractivity contribution < 1.29 is 20.1 Å². The first kappa shape index (κ1) is 17.8. The predicted octanol–water partition coefficient (Wildman–Crippen LogP) is 1.37. The molecule has 0 spiro atoms. The first-order chi connectivity index (χ1) is 13.4. The van der Waals surface area contributed by atoms with Crippen molar-refractivity contribution in [1.29, 1.82) is 0 Å². The number of fused-ring (bicyclic) bond motifs is 2. The van der Waals surface area contributed by atoms with Crippen molar-refractivity contribution >= 4 is 11.0 Å². The molecule has 0 amide bonds. The summed E-state index contributed by atoms with van der Waals surface area (Å²) in [6.07, 6.45) is 0.989. The first-order valence-electron chi connectivity index (χ1n) is 9.52. The molecule has 2 aromatic heterocycles. The smallest absolute Gasteiger partial charge is 0.164 e. The van der Waals surface area contributed by atoms with Gasteiger partial charge in [0.05, 0.1) is 5.69 Å². The number of aromatic nitrogens is 3. The van der Waals surface area contributed by atoms with Gasteiger partial charge in [-0.2, -0.15) is 0 Å². The Balaban J connectivity index is 1.50. The van der Waals surface area contributed by atoms with Crippen molar-refractivity contribution in [2.24, 2.45) is 0 Å². The van der Waals surface area contributed by atoms with Crippen LogP contribution >= 0.6 is 0 Å². The van der Waals surface area contributed by atoms with E-state index in [0.29, 0.717) is 11.2 Å². The van der Waals surface area contributed by atoms with Crippen LogP contribution in [0.5, 0.6) is 0 Å². The average Bonchev–Trinajstić information content (AvgIpc) is 3.19. The summed E-state index contributed by atoms with van der Waals surface area (Å²) in [7, 11) is 0. The van der Waals surface area contributed by atoms with Crippen LogP contribution in [0.4, 0.5) is 0 Å². The zero-order chi connectivity index (χ0) is 19.6. The lowest BCUT2D eigenvalue weighted by Gasteiger charge is -2.33. The molecule has 1 saturated heterocycles. The van der Waals surface area contributed by atoms with Crippen LogP contribution in [0.2, 0.25) is 0 Å². The molecule has 3 N–H and O–H groups in total. The monoisotopic (exact) mass is 381 g/mol. The van der Waals surface area contributed by atoms with Crippen molar-refractivity contribution in [1.82, 2.24) is 14.5 Å². The molecular formula is C21H23N3O4. The first-order valence-corrected chi connectivity index (χ1v) is 9.52. The number of hydrogen-bond acceptors (Lipinski definition) is 6. The highest BCUT2D eigenvalue weighted by Crippen LogP contribution is 2.41. The van der Waals surface area contributed by atoms with Gasteiger partial charge in [-0.05, 0) is 49.4 Å². The Morgan fingerprint density at radius 1 is 1.11 bits per heavy atom. The maximum absolute atomic E-state index is 11.3. The third-order valence-corrected chi connectivity index (χ3v) is 6.23. The van der Waals surface area contributed by atoms with E-state index in [1.807, 2.05) is 31.2 Å². The summed E-state index contributed by atoms with van der Waals surface area (Å²) in [5.74, 6) is 0. The van der Waals surface area contributed by atoms with Gasteiger partial charge >= 0.3 is 0 Å². The number of benzene rings is 1. The van der Waals surface area contributed by atoms with Gasteiger partial charge in [0.25, 0.3) is 0 Å². The summed E-state index contributed by atoms with van der Waals surface area (Å²) in [4.78, 5) is 8.48. The van der Waals surface area contributed by atoms with Gasteiger partial charge in [-0.3, -0.25) is 0 Å². The maximum atomic E-state index is 11.3. The Kier molecular flexibility index (Phi) is 3.86. The Bertz CT molecular complexity index is 1060. The number of rotatable bonds is 3. The zero-order valence-electron chi connectivity index (χ0n) is 15.8. The van der Waals surface area contributed by atoms with Gasteiger partial charge in [0, 0.05) is 11.6 Å². The van der Waals surface area contributed by atoms with Gasteiger partial charge in [-0.25, -0.2) is 9.97 Å². The third kappa shape index (κ3) is 2.44. The molecule has 7 nitrogen and oxygen atoms in total. The number of aliphatic hydroxyl groups is 3. The van der Waals surface area contributed by atoms with E-state index in [9.17, 15) is 15.3 Å². The molecule has 1 aromatic carbocycles. The number of hydrogen-bond donors (Lipinski definition) is 3. The fourth-order valence-corrected chi connectivity index (χ4v) is 4.33. The van der Waals surface area contributed by atoms with Crippen molar-refractivity contribution in [3.8, 4) is 0 Å². The van der Waals surface area contributed by atoms with Crippen LogP contribution in [0.3, 0.4) is 0 Å². The van der Waals surface area contributed by atoms with E-state index in [-0.39, 0.29) is 0 Å². The van der Waals surface area contributed by atoms with Gasteiger partial charge in [0.2, 0.25) is 0 Å². The summed E-state index contributed by atoms with van der Waals surface area (Å²) >= 11 is 0. The molecule has 1 aliphatic carbocycles.